The molecule has 0 aromatic heterocycles. The maximum absolute atomic E-state index is 12.5. The van der Waals surface area contributed by atoms with Gasteiger partial charge in [0.1, 0.15) is 0 Å². The van der Waals surface area contributed by atoms with Gasteiger partial charge in [-0.2, -0.15) is 0 Å². The molecule has 0 saturated heterocycles. The standard InChI is InChI=1S/C18H29NO/c1-6-8-11-15(7-2)18(20)19-17-14(5)10-9-12-16(17)13(3)4/h9-10,12-13,15H,6-8,11H2,1-5H3,(H,19,20). The normalized spacial score (nSPS) is 12.5. The zero-order valence-electron chi connectivity index (χ0n) is 13.6. The van der Waals surface area contributed by atoms with E-state index in [2.05, 4.69) is 58.1 Å². The Bertz CT molecular complexity index is 437. The first-order valence-electron chi connectivity index (χ1n) is 7.91. The Kier molecular flexibility index (Phi) is 6.77. The molecule has 1 aromatic rings. The number of aryl methyl sites for hydroxylation is 1. The molecule has 20 heavy (non-hydrogen) atoms. The third-order valence-electron chi connectivity index (χ3n) is 3.94. The number of rotatable bonds is 7. The number of amides is 1. The second-order valence-electron chi connectivity index (χ2n) is 5.93. The Morgan fingerprint density at radius 2 is 1.95 bits per heavy atom. The van der Waals surface area contributed by atoms with Gasteiger partial charge in [-0.15, -0.1) is 0 Å². The van der Waals surface area contributed by atoms with Crippen molar-refractivity contribution in [1.29, 1.82) is 0 Å². The highest BCUT2D eigenvalue weighted by Gasteiger charge is 2.18. The van der Waals surface area contributed by atoms with E-state index in [4.69, 9.17) is 0 Å². The molecule has 1 atom stereocenters. The highest BCUT2D eigenvalue weighted by Crippen LogP contribution is 2.28. The van der Waals surface area contributed by atoms with E-state index in [1.807, 2.05) is 0 Å². The summed E-state index contributed by atoms with van der Waals surface area (Å²) in [7, 11) is 0. The van der Waals surface area contributed by atoms with E-state index in [1.165, 1.54) is 5.56 Å². The second kappa shape index (κ2) is 8.08. The topological polar surface area (TPSA) is 29.1 Å². The first-order chi connectivity index (χ1) is 9.51. The average Bonchev–Trinajstić information content (AvgIpc) is 2.41. The lowest BCUT2D eigenvalue weighted by molar-refractivity contribution is -0.120. The second-order valence-corrected chi connectivity index (χ2v) is 5.93. The van der Waals surface area contributed by atoms with Gasteiger partial charge in [0.05, 0.1) is 0 Å². The van der Waals surface area contributed by atoms with Crippen molar-refractivity contribution in [3.05, 3.63) is 29.3 Å². The molecule has 0 spiro atoms. The number of para-hydroxylation sites is 1. The molecule has 1 amide bonds. The van der Waals surface area contributed by atoms with Crippen LogP contribution < -0.4 is 5.32 Å². The molecular formula is C18H29NO. The third-order valence-corrected chi connectivity index (χ3v) is 3.94. The molecule has 2 heteroatoms. The summed E-state index contributed by atoms with van der Waals surface area (Å²) in [5.74, 6) is 0.729. The molecule has 0 aliphatic rings. The largest absolute Gasteiger partial charge is 0.325 e. The van der Waals surface area contributed by atoms with Crippen LogP contribution in [-0.4, -0.2) is 5.91 Å². The summed E-state index contributed by atoms with van der Waals surface area (Å²) in [4.78, 5) is 12.5. The van der Waals surface area contributed by atoms with Crippen LogP contribution in [0.25, 0.3) is 0 Å². The number of nitrogens with one attached hydrogen (secondary N) is 1. The van der Waals surface area contributed by atoms with Crippen LogP contribution in [-0.2, 0) is 4.79 Å². The first kappa shape index (κ1) is 16.7. The Labute approximate surface area is 124 Å². The zero-order chi connectivity index (χ0) is 15.1. The lowest BCUT2D eigenvalue weighted by atomic mass is 9.95. The van der Waals surface area contributed by atoms with Gasteiger partial charge in [-0.05, 0) is 36.8 Å². The number of hydrogen-bond acceptors (Lipinski definition) is 1. The van der Waals surface area contributed by atoms with Crippen molar-refractivity contribution < 1.29 is 4.79 Å². The summed E-state index contributed by atoms with van der Waals surface area (Å²) in [5, 5.41) is 3.18. The molecule has 0 aliphatic heterocycles. The minimum absolute atomic E-state index is 0.134. The molecule has 0 saturated carbocycles. The SMILES string of the molecule is CCCCC(CC)C(=O)Nc1c(C)cccc1C(C)C. The van der Waals surface area contributed by atoms with Gasteiger partial charge in [0.25, 0.3) is 0 Å². The Hall–Kier alpha value is -1.31. The molecule has 112 valence electrons. The summed E-state index contributed by atoms with van der Waals surface area (Å²) in [5.41, 5.74) is 3.39. The molecule has 0 heterocycles. The predicted octanol–water partition coefficient (Wildman–Crippen LogP) is 5.27. The third kappa shape index (κ3) is 4.36. The summed E-state index contributed by atoms with van der Waals surface area (Å²) in [6.07, 6.45) is 4.17. The van der Waals surface area contributed by atoms with Crippen molar-refractivity contribution >= 4 is 11.6 Å². The maximum Gasteiger partial charge on any atom is 0.227 e. The van der Waals surface area contributed by atoms with Crippen molar-refractivity contribution in [2.45, 2.75) is 66.2 Å². The molecule has 0 fully saturated rings. The fourth-order valence-corrected chi connectivity index (χ4v) is 2.54. The summed E-state index contributed by atoms with van der Waals surface area (Å²) >= 11 is 0. The van der Waals surface area contributed by atoms with Gasteiger partial charge in [0.15, 0.2) is 0 Å². The van der Waals surface area contributed by atoms with Gasteiger partial charge >= 0.3 is 0 Å². The molecule has 0 aliphatic carbocycles. The molecule has 0 bridgehead atoms. The maximum atomic E-state index is 12.5. The summed E-state index contributed by atoms with van der Waals surface area (Å²) < 4.78 is 0. The molecular weight excluding hydrogens is 246 g/mol. The molecule has 1 unspecified atom stereocenters. The quantitative estimate of drug-likeness (QED) is 0.721. The summed E-state index contributed by atoms with van der Waals surface area (Å²) in [6.45, 7) is 10.7. The fraction of sp³-hybridized carbons (Fsp3) is 0.611. The van der Waals surface area contributed by atoms with E-state index in [9.17, 15) is 4.79 Å². The molecule has 1 aromatic carbocycles. The lowest BCUT2D eigenvalue weighted by Crippen LogP contribution is -2.23. The predicted molar refractivity (Wildman–Crippen MR) is 87.2 cm³/mol. The van der Waals surface area contributed by atoms with Gasteiger partial charge in [-0.3, -0.25) is 4.79 Å². The van der Waals surface area contributed by atoms with Crippen molar-refractivity contribution in [3.63, 3.8) is 0 Å². The van der Waals surface area contributed by atoms with E-state index in [-0.39, 0.29) is 11.8 Å². The number of carbonyl (C=O) groups excluding carboxylic acids is 1. The van der Waals surface area contributed by atoms with E-state index >= 15 is 0 Å². The smallest absolute Gasteiger partial charge is 0.227 e. The molecule has 2 nitrogen and oxygen atoms in total. The Balaban J connectivity index is 2.89. The van der Waals surface area contributed by atoms with Crippen LogP contribution in [0, 0.1) is 12.8 Å². The van der Waals surface area contributed by atoms with Crippen LogP contribution in [0.1, 0.15) is 70.4 Å². The number of unbranched alkanes of at least 4 members (excludes halogenated alkanes) is 1. The van der Waals surface area contributed by atoms with Gasteiger partial charge < -0.3 is 5.32 Å². The van der Waals surface area contributed by atoms with Crippen LogP contribution in [0.5, 0.6) is 0 Å². The minimum atomic E-state index is 0.134. The molecule has 1 N–H and O–H groups in total. The van der Waals surface area contributed by atoms with Crippen molar-refractivity contribution in [1.82, 2.24) is 0 Å². The molecule has 1 rings (SSSR count). The van der Waals surface area contributed by atoms with Crippen LogP contribution in [0.15, 0.2) is 18.2 Å². The van der Waals surface area contributed by atoms with Crippen LogP contribution in [0.3, 0.4) is 0 Å². The zero-order valence-corrected chi connectivity index (χ0v) is 13.6. The van der Waals surface area contributed by atoms with Gasteiger partial charge in [0.2, 0.25) is 5.91 Å². The number of anilines is 1. The van der Waals surface area contributed by atoms with Crippen LogP contribution in [0.4, 0.5) is 5.69 Å². The fourth-order valence-electron chi connectivity index (χ4n) is 2.54. The average molecular weight is 275 g/mol. The molecule has 0 radical (unpaired) electrons. The van der Waals surface area contributed by atoms with Crippen molar-refractivity contribution in [2.75, 3.05) is 5.32 Å². The Morgan fingerprint density at radius 3 is 2.50 bits per heavy atom. The van der Waals surface area contributed by atoms with Crippen LogP contribution >= 0.6 is 0 Å². The first-order valence-corrected chi connectivity index (χ1v) is 7.91. The van der Waals surface area contributed by atoms with E-state index in [1.54, 1.807) is 0 Å². The van der Waals surface area contributed by atoms with E-state index in [0.717, 1.165) is 36.9 Å². The van der Waals surface area contributed by atoms with E-state index in [0.29, 0.717) is 5.92 Å². The highest BCUT2D eigenvalue weighted by atomic mass is 16.1. The number of carbonyl (C=O) groups is 1. The summed E-state index contributed by atoms with van der Waals surface area (Å²) in [6, 6.07) is 6.24. The van der Waals surface area contributed by atoms with Gasteiger partial charge in [-0.1, -0.05) is 58.7 Å². The van der Waals surface area contributed by atoms with Gasteiger partial charge in [-0.25, -0.2) is 0 Å². The number of benzene rings is 1. The van der Waals surface area contributed by atoms with Gasteiger partial charge in [0, 0.05) is 11.6 Å². The number of hydrogen-bond donors (Lipinski definition) is 1. The lowest BCUT2D eigenvalue weighted by Gasteiger charge is -2.20. The van der Waals surface area contributed by atoms with Crippen LogP contribution in [0.2, 0.25) is 0 Å². The minimum Gasteiger partial charge on any atom is -0.325 e. The highest BCUT2D eigenvalue weighted by molar-refractivity contribution is 5.94. The van der Waals surface area contributed by atoms with E-state index < -0.39 is 0 Å². The van der Waals surface area contributed by atoms with Crippen molar-refractivity contribution in [3.8, 4) is 0 Å². The Morgan fingerprint density at radius 1 is 1.25 bits per heavy atom. The monoisotopic (exact) mass is 275 g/mol. The van der Waals surface area contributed by atoms with Crippen molar-refractivity contribution in [2.24, 2.45) is 5.92 Å².